The fraction of sp³-hybridized carbons (Fsp3) is 0.227. The Morgan fingerprint density at radius 1 is 1.19 bits per heavy atom. The Morgan fingerprint density at radius 3 is 2.50 bits per heavy atom. The summed E-state index contributed by atoms with van der Waals surface area (Å²) in [5, 5.41) is 11.4. The Hall–Kier alpha value is -3.50. The molecular formula is C22H23N3O6S. The first-order chi connectivity index (χ1) is 15.1. The number of sulfonamides is 1. The fourth-order valence-corrected chi connectivity index (χ4v) is 4.54. The zero-order valence-electron chi connectivity index (χ0n) is 17.6. The number of para-hydroxylation sites is 2. The predicted molar refractivity (Wildman–Crippen MR) is 120 cm³/mol. The molecule has 0 radical (unpaired) electrons. The van der Waals surface area contributed by atoms with E-state index in [1.165, 1.54) is 42.3 Å². The van der Waals surface area contributed by atoms with E-state index >= 15 is 0 Å². The molecule has 1 unspecified atom stereocenters. The molecule has 32 heavy (non-hydrogen) atoms. The molecule has 1 aliphatic heterocycles. The van der Waals surface area contributed by atoms with Gasteiger partial charge in [-0.05, 0) is 42.8 Å². The molecule has 2 aromatic carbocycles. The summed E-state index contributed by atoms with van der Waals surface area (Å²) >= 11 is 0. The van der Waals surface area contributed by atoms with Crippen molar-refractivity contribution in [2.75, 3.05) is 23.8 Å². The Kier molecular flexibility index (Phi) is 6.75. The summed E-state index contributed by atoms with van der Waals surface area (Å²) in [5.74, 6) is -1.80. The van der Waals surface area contributed by atoms with Gasteiger partial charge in [0.15, 0.2) is 0 Å². The third-order valence-corrected chi connectivity index (χ3v) is 6.81. The molecule has 0 bridgehead atoms. The van der Waals surface area contributed by atoms with Gasteiger partial charge in [-0.25, -0.2) is 13.2 Å². The minimum Gasteiger partial charge on any atom is -0.478 e. The summed E-state index contributed by atoms with van der Waals surface area (Å²) in [6.45, 7) is 1.31. The second kappa shape index (κ2) is 9.33. The van der Waals surface area contributed by atoms with Crippen LogP contribution >= 0.6 is 0 Å². The van der Waals surface area contributed by atoms with Crippen LogP contribution in [0.5, 0.6) is 0 Å². The Balaban J connectivity index is 1.81. The number of likely N-dealkylation sites (N-methyl/N-ethyl adjacent to an activating group) is 1. The normalized spacial score (nSPS) is 16.5. The van der Waals surface area contributed by atoms with Gasteiger partial charge in [0.2, 0.25) is 21.8 Å². The first-order valence-electron chi connectivity index (χ1n) is 9.78. The lowest BCUT2D eigenvalue weighted by molar-refractivity contribution is -0.131. The molecule has 10 heteroatoms. The van der Waals surface area contributed by atoms with Crippen LogP contribution in [0.15, 0.2) is 59.5 Å². The molecule has 0 saturated heterocycles. The first kappa shape index (κ1) is 23.2. The highest BCUT2D eigenvalue weighted by molar-refractivity contribution is 7.89. The lowest BCUT2D eigenvalue weighted by Crippen LogP contribution is -2.45. The van der Waals surface area contributed by atoms with Crippen LogP contribution in [0.25, 0.3) is 6.08 Å². The largest absolute Gasteiger partial charge is 0.478 e. The van der Waals surface area contributed by atoms with Gasteiger partial charge >= 0.3 is 5.97 Å². The number of nitrogens with zero attached hydrogens (tertiary/aromatic N) is 2. The number of carboxylic acid groups (broad SMARTS) is 1. The van der Waals surface area contributed by atoms with Gasteiger partial charge in [0, 0.05) is 25.6 Å². The molecule has 2 amide bonds. The van der Waals surface area contributed by atoms with Crippen molar-refractivity contribution in [3.63, 3.8) is 0 Å². The number of aliphatic carboxylic acids is 1. The highest BCUT2D eigenvalue weighted by Crippen LogP contribution is 2.31. The molecule has 9 nitrogen and oxygen atoms in total. The number of hydrogen-bond donors (Lipinski definition) is 2. The zero-order chi connectivity index (χ0) is 23.5. The summed E-state index contributed by atoms with van der Waals surface area (Å²) in [6, 6.07) is 12.1. The van der Waals surface area contributed by atoms with E-state index in [1.807, 2.05) is 0 Å². The van der Waals surface area contributed by atoms with Crippen LogP contribution in [-0.2, 0) is 24.4 Å². The molecule has 1 atom stereocenters. The van der Waals surface area contributed by atoms with Crippen molar-refractivity contribution in [2.45, 2.75) is 24.3 Å². The number of fused-ring (bicyclic) bond motifs is 1. The van der Waals surface area contributed by atoms with Crippen molar-refractivity contribution >= 4 is 45.3 Å². The van der Waals surface area contributed by atoms with E-state index < -0.39 is 34.5 Å². The standard InChI is InChI=1S/C22H23N3O6S/c1-15-13-20(26)23-18-5-3-4-6-19(18)25(15)21(27)14-24(2)32(30,31)17-10-7-16(8-11-17)9-12-22(28)29/h3-12,15H,13-14H2,1-2H3,(H,23,26)(H,28,29). The molecule has 0 spiro atoms. The quantitative estimate of drug-likeness (QED) is 0.641. The molecule has 0 aliphatic carbocycles. The number of benzene rings is 2. The van der Waals surface area contributed by atoms with E-state index in [9.17, 15) is 22.8 Å². The lowest BCUT2D eigenvalue weighted by Gasteiger charge is -2.29. The third kappa shape index (κ3) is 5.04. The molecule has 2 aromatic rings. The van der Waals surface area contributed by atoms with Crippen LogP contribution in [0, 0.1) is 0 Å². The molecule has 0 aromatic heterocycles. The maximum Gasteiger partial charge on any atom is 0.328 e. The summed E-state index contributed by atoms with van der Waals surface area (Å²) in [6.07, 6.45) is 2.38. The number of carboxylic acids is 1. The second-order valence-corrected chi connectivity index (χ2v) is 9.43. The van der Waals surface area contributed by atoms with Crippen LogP contribution in [-0.4, -0.2) is 55.2 Å². The lowest BCUT2D eigenvalue weighted by atomic mass is 10.1. The van der Waals surface area contributed by atoms with Crippen molar-refractivity contribution < 1.29 is 27.9 Å². The number of nitrogens with one attached hydrogen (secondary N) is 1. The molecule has 0 saturated carbocycles. The number of carbonyl (C=O) groups is 3. The maximum absolute atomic E-state index is 13.1. The summed E-state index contributed by atoms with van der Waals surface area (Å²) in [5.41, 5.74) is 1.53. The fourth-order valence-electron chi connectivity index (χ4n) is 3.42. The van der Waals surface area contributed by atoms with Gasteiger partial charge in [0.1, 0.15) is 0 Å². The van der Waals surface area contributed by atoms with Crippen LogP contribution in [0.3, 0.4) is 0 Å². The number of anilines is 2. The maximum atomic E-state index is 13.1. The minimum absolute atomic E-state index is 0.0264. The van der Waals surface area contributed by atoms with Crippen LogP contribution in [0.1, 0.15) is 18.9 Å². The van der Waals surface area contributed by atoms with Crippen LogP contribution in [0.4, 0.5) is 11.4 Å². The average Bonchev–Trinajstić information content (AvgIpc) is 2.86. The van der Waals surface area contributed by atoms with E-state index in [1.54, 1.807) is 31.2 Å². The highest BCUT2D eigenvalue weighted by Gasteiger charge is 2.32. The predicted octanol–water partition coefficient (Wildman–Crippen LogP) is 2.17. The first-order valence-corrected chi connectivity index (χ1v) is 11.2. The average molecular weight is 458 g/mol. The van der Waals surface area contributed by atoms with E-state index in [0.29, 0.717) is 16.9 Å². The van der Waals surface area contributed by atoms with Crippen LogP contribution < -0.4 is 10.2 Å². The highest BCUT2D eigenvalue weighted by atomic mass is 32.2. The van der Waals surface area contributed by atoms with Crippen molar-refractivity contribution in [3.05, 3.63) is 60.2 Å². The zero-order valence-corrected chi connectivity index (χ0v) is 18.4. The minimum atomic E-state index is -3.97. The Labute approximate surface area is 186 Å². The van der Waals surface area contributed by atoms with Gasteiger partial charge in [-0.2, -0.15) is 4.31 Å². The van der Waals surface area contributed by atoms with Crippen molar-refractivity contribution in [3.8, 4) is 0 Å². The molecule has 1 aliphatic rings. The van der Waals surface area contributed by atoms with Gasteiger partial charge in [0.25, 0.3) is 0 Å². The van der Waals surface area contributed by atoms with Gasteiger partial charge in [-0.3, -0.25) is 9.59 Å². The second-order valence-electron chi connectivity index (χ2n) is 7.38. The van der Waals surface area contributed by atoms with E-state index in [-0.39, 0.29) is 17.2 Å². The van der Waals surface area contributed by atoms with Crippen LogP contribution in [0.2, 0.25) is 0 Å². The monoisotopic (exact) mass is 457 g/mol. The van der Waals surface area contributed by atoms with E-state index in [2.05, 4.69) is 5.32 Å². The smallest absolute Gasteiger partial charge is 0.328 e. The third-order valence-electron chi connectivity index (χ3n) is 4.99. The number of rotatable bonds is 6. The molecule has 2 N–H and O–H groups in total. The summed E-state index contributed by atoms with van der Waals surface area (Å²) in [4.78, 5) is 37.3. The molecule has 168 valence electrons. The number of carbonyl (C=O) groups excluding carboxylic acids is 2. The summed E-state index contributed by atoms with van der Waals surface area (Å²) in [7, 11) is -2.66. The Bertz CT molecular complexity index is 1170. The SMILES string of the molecule is CC1CC(=O)Nc2ccccc2N1C(=O)CN(C)S(=O)(=O)c1ccc(C=CC(=O)O)cc1. The topological polar surface area (TPSA) is 124 Å². The molecular weight excluding hydrogens is 434 g/mol. The van der Waals surface area contributed by atoms with E-state index in [4.69, 9.17) is 5.11 Å². The van der Waals surface area contributed by atoms with E-state index in [0.717, 1.165) is 10.4 Å². The van der Waals surface area contributed by atoms with Gasteiger partial charge < -0.3 is 15.3 Å². The van der Waals surface area contributed by atoms with Gasteiger partial charge in [-0.1, -0.05) is 24.3 Å². The van der Waals surface area contributed by atoms with Gasteiger partial charge in [0.05, 0.1) is 22.8 Å². The molecule has 0 fully saturated rings. The summed E-state index contributed by atoms with van der Waals surface area (Å²) < 4.78 is 26.9. The van der Waals surface area contributed by atoms with Gasteiger partial charge in [-0.15, -0.1) is 0 Å². The molecule has 1 heterocycles. The number of hydrogen-bond acceptors (Lipinski definition) is 5. The number of amides is 2. The molecule has 3 rings (SSSR count). The van der Waals surface area contributed by atoms with Crippen molar-refractivity contribution in [1.82, 2.24) is 4.31 Å². The van der Waals surface area contributed by atoms with Crippen molar-refractivity contribution in [2.24, 2.45) is 0 Å². The van der Waals surface area contributed by atoms with Crippen molar-refractivity contribution in [1.29, 1.82) is 0 Å². The Morgan fingerprint density at radius 2 is 1.84 bits per heavy atom.